The molecule has 25 heavy (non-hydrogen) atoms. The number of rotatable bonds is 10. The number of nitro benzene ring substituents is 1. The van der Waals surface area contributed by atoms with Crippen LogP contribution in [0.2, 0.25) is 0 Å². The van der Waals surface area contributed by atoms with E-state index in [-0.39, 0.29) is 23.2 Å². The maximum Gasteiger partial charge on any atom is 0.338 e. The van der Waals surface area contributed by atoms with Crippen molar-refractivity contribution in [2.45, 2.75) is 50.5 Å². The van der Waals surface area contributed by atoms with Crippen molar-refractivity contribution in [1.82, 2.24) is 5.32 Å². The molecule has 0 heterocycles. The number of nitrogens with zero attached hydrogens (tertiary/aromatic N) is 1. The Morgan fingerprint density at radius 1 is 1.36 bits per heavy atom. The highest BCUT2D eigenvalue weighted by Gasteiger charge is 2.18. The minimum Gasteiger partial charge on any atom is -0.452 e. The third-order valence-corrected chi connectivity index (χ3v) is 4.38. The Hall–Kier alpha value is -2.09. The zero-order valence-electron chi connectivity index (χ0n) is 14.7. The van der Waals surface area contributed by atoms with Gasteiger partial charge in [-0.2, -0.15) is 0 Å². The van der Waals surface area contributed by atoms with E-state index < -0.39 is 17.5 Å². The molecule has 138 valence electrons. The molecule has 1 aromatic carbocycles. The van der Waals surface area contributed by atoms with Crippen LogP contribution in [-0.2, 0) is 9.53 Å². The number of unbranched alkanes of at least 4 members (excludes halogenated alkanes) is 2. The van der Waals surface area contributed by atoms with Crippen LogP contribution in [-0.4, -0.2) is 35.7 Å². The van der Waals surface area contributed by atoms with Crippen LogP contribution in [0.5, 0.6) is 0 Å². The van der Waals surface area contributed by atoms with Crippen LogP contribution in [0.15, 0.2) is 23.1 Å². The van der Waals surface area contributed by atoms with Gasteiger partial charge in [-0.3, -0.25) is 14.9 Å². The third kappa shape index (κ3) is 7.13. The van der Waals surface area contributed by atoms with Crippen molar-refractivity contribution < 1.29 is 19.2 Å². The first-order valence-corrected chi connectivity index (χ1v) is 9.40. The number of esters is 1. The predicted octanol–water partition coefficient (Wildman–Crippen LogP) is 3.56. The van der Waals surface area contributed by atoms with E-state index in [1.165, 1.54) is 30.0 Å². The van der Waals surface area contributed by atoms with Crippen molar-refractivity contribution >= 4 is 29.3 Å². The predicted molar refractivity (Wildman–Crippen MR) is 96.9 cm³/mol. The van der Waals surface area contributed by atoms with Crippen LogP contribution >= 0.6 is 11.8 Å². The fourth-order valence-electron chi connectivity index (χ4n) is 2.26. The summed E-state index contributed by atoms with van der Waals surface area (Å²) in [5.74, 6) is -1.14. The molecule has 1 atom stereocenters. The normalized spacial score (nSPS) is 11.6. The number of amides is 1. The van der Waals surface area contributed by atoms with E-state index in [0.717, 1.165) is 25.7 Å². The minimum atomic E-state index is -0.760. The van der Waals surface area contributed by atoms with Gasteiger partial charge < -0.3 is 10.1 Å². The number of thioether (sulfide) groups is 1. The van der Waals surface area contributed by atoms with Gasteiger partial charge in [0.15, 0.2) is 6.61 Å². The lowest BCUT2D eigenvalue weighted by Gasteiger charge is -2.13. The number of nitro groups is 1. The van der Waals surface area contributed by atoms with Gasteiger partial charge in [0.2, 0.25) is 0 Å². The summed E-state index contributed by atoms with van der Waals surface area (Å²) in [6, 6.07) is 4.13. The molecule has 1 rings (SSSR count). The van der Waals surface area contributed by atoms with Crippen LogP contribution in [0.1, 0.15) is 49.9 Å². The zero-order chi connectivity index (χ0) is 18.8. The van der Waals surface area contributed by atoms with Gasteiger partial charge in [0, 0.05) is 12.1 Å². The largest absolute Gasteiger partial charge is 0.452 e. The van der Waals surface area contributed by atoms with E-state index in [1.807, 2.05) is 6.92 Å². The molecular formula is C17H24N2O5S. The van der Waals surface area contributed by atoms with E-state index in [1.54, 1.807) is 6.26 Å². The fraction of sp³-hybridized carbons (Fsp3) is 0.529. The molecule has 0 aliphatic rings. The van der Waals surface area contributed by atoms with Crippen LogP contribution in [0.4, 0.5) is 5.69 Å². The van der Waals surface area contributed by atoms with Gasteiger partial charge in [0.25, 0.3) is 11.6 Å². The Morgan fingerprint density at radius 3 is 2.68 bits per heavy atom. The van der Waals surface area contributed by atoms with Crippen molar-refractivity contribution in [3.8, 4) is 0 Å². The quantitative estimate of drug-likeness (QED) is 0.223. The molecule has 0 saturated heterocycles. The van der Waals surface area contributed by atoms with Gasteiger partial charge in [0.05, 0.1) is 15.4 Å². The summed E-state index contributed by atoms with van der Waals surface area (Å²) in [5, 5.41) is 13.8. The maximum absolute atomic E-state index is 12.0. The Kier molecular flexibility index (Phi) is 8.98. The van der Waals surface area contributed by atoms with Crippen molar-refractivity contribution in [1.29, 1.82) is 0 Å². The van der Waals surface area contributed by atoms with Crippen LogP contribution in [0.25, 0.3) is 0 Å². The summed E-state index contributed by atoms with van der Waals surface area (Å²) in [6.07, 6.45) is 5.84. The molecule has 1 amide bonds. The molecule has 0 aliphatic heterocycles. The second-order valence-corrected chi connectivity index (χ2v) is 6.53. The smallest absolute Gasteiger partial charge is 0.338 e. The molecule has 0 aliphatic carbocycles. The Balaban J connectivity index is 2.55. The van der Waals surface area contributed by atoms with Crippen molar-refractivity contribution in [3.63, 3.8) is 0 Å². The first-order chi connectivity index (χ1) is 11.9. The first kappa shape index (κ1) is 21.0. The van der Waals surface area contributed by atoms with Crippen molar-refractivity contribution in [2.24, 2.45) is 0 Å². The summed E-state index contributed by atoms with van der Waals surface area (Å²) >= 11 is 1.22. The lowest BCUT2D eigenvalue weighted by molar-refractivity contribution is -0.387. The third-order valence-electron chi connectivity index (χ3n) is 3.59. The second-order valence-electron chi connectivity index (χ2n) is 5.68. The molecule has 0 bridgehead atoms. The monoisotopic (exact) mass is 368 g/mol. The summed E-state index contributed by atoms with van der Waals surface area (Å²) in [4.78, 5) is 34.7. The topological polar surface area (TPSA) is 98.5 Å². The number of hydrogen-bond donors (Lipinski definition) is 1. The highest BCUT2D eigenvalue weighted by atomic mass is 32.2. The fourth-order valence-corrected chi connectivity index (χ4v) is 2.81. The SMILES string of the molecule is CCCCC[C@@H](C)NC(=O)COC(=O)c1ccc(SC)c([N+](=O)[O-])c1. The van der Waals surface area contributed by atoms with Crippen molar-refractivity contribution in [2.75, 3.05) is 12.9 Å². The van der Waals surface area contributed by atoms with Gasteiger partial charge in [-0.1, -0.05) is 26.2 Å². The maximum atomic E-state index is 12.0. The van der Waals surface area contributed by atoms with E-state index in [2.05, 4.69) is 12.2 Å². The standard InChI is InChI=1S/C17H24N2O5S/c1-4-5-6-7-12(2)18-16(20)11-24-17(21)13-8-9-15(25-3)14(10-13)19(22)23/h8-10,12H,4-7,11H2,1-3H3,(H,18,20)/t12-/m1/s1. The second kappa shape index (κ2) is 10.7. The number of carbonyl (C=O) groups excluding carboxylic acids is 2. The van der Waals surface area contributed by atoms with E-state index >= 15 is 0 Å². The number of carbonyl (C=O) groups is 2. The van der Waals surface area contributed by atoms with Gasteiger partial charge >= 0.3 is 5.97 Å². The Morgan fingerprint density at radius 2 is 2.08 bits per heavy atom. The average molecular weight is 368 g/mol. The summed E-state index contributed by atoms with van der Waals surface area (Å²) in [7, 11) is 0. The van der Waals surface area contributed by atoms with Gasteiger partial charge in [-0.05, 0) is 31.7 Å². The lowest BCUT2D eigenvalue weighted by Crippen LogP contribution is -2.35. The van der Waals surface area contributed by atoms with E-state index in [4.69, 9.17) is 4.74 Å². The Labute approximate surface area is 151 Å². The minimum absolute atomic E-state index is 0.0136. The summed E-state index contributed by atoms with van der Waals surface area (Å²) < 4.78 is 4.94. The molecule has 0 spiro atoms. The molecule has 8 heteroatoms. The molecule has 0 unspecified atom stereocenters. The molecule has 1 aromatic rings. The highest BCUT2D eigenvalue weighted by molar-refractivity contribution is 7.98. The molecule has 1 N–H and O–H groups in total. The number of nitrogens with one attached hydrogen (secondary N) is 1. The van der Waals surface area contributed by atoms with Crippen molar-refractivity contribution in [3.05, 3.63) is 33.9 Å². The molecular weight excluding hydrogens is 344 g/mol. The number of hydrogen-bond acceptors (Lipinski definition) is 6. The summed E-state index contributed by atoms with van der Waals surface area (Å²) in [5.41, 5.74) is -0.107. The zero-order valence-corrected chi connectivity index (χ0v) is 15.6. The molecule has 0 fully saturated rings. The molecule has 0 saturated carbocycles. The van der Waals surface area contributed by atoms with Gasteiger partial charge in [0.1, 0.15) is 0 Å². The molecule has 0 radical (unpaired) electrons. The molecule has 0 aromatic heterocycles. The highest BCUT2D eigenvalue weighted by Crippen LogP contribution is 2.28. The van der Waals surface area contributed by atoms with Crippen LogP contribution in [0, 0.1) is 10.1 Å². The van der Waals surface area contributed by atoms with Gasteiger partial charge in [-0.15, -0.1) is 11.8 Å². The van der Waals surface area contributed by atoms with Crippen LogP contribution < -0.4 is 5.32 Å². The molecule has 7 nitrogen and oxygen atoms in total. The number of ether oxygens (including phenoxy) is 1. The Bertz CT molecular complexity index is 621. The average Bonchev–Trinajstić information content (AvgIpc) is 2.59. The van der Waals surface area contributed by atoms with E-state index in [0.29, 0.717) is 4.90 Å². The van der Waals surface area contributed by atoms with Gasteiger partial charge in [-0.25, -0.2) is 4.79 Å². The summed E-state index contributed by atoms with van der Waals surface area (Å²) in [6.45, 7) is 3.60. The number of benzene rings is 1. The lowest BCUT2D eigenvalue weighted by atomic mass is 10.1. The van der Waals surface area contributed by atoms with Crippen LogP contribution in [0.3, 0.4) is 0 Å². The first-order valence-electron chi connectivity index (χ1n) is 8.18. The van der Waals surface area contributed by atoms with E-state index in [9.17, 15) is 19.7 Å².